The van der Waals surface area contributed by atoms with Crippen LogP contribution in [0.5, 0.6) is 0 Å². The number of hydrogen-bond donors (Lipinski definition) is 2. The number of pyridine rings is 1. The van der Waals surface area contributed by atoms with Crippen LogP contribution in [0.25, 0.3) is 0 Å². The average Bonchev–Trinajstić information content (AvgIpc) is 3.32. The van der Waals surface area contributed by atoms with Gasteiger partial charge in [0.25, 0.3) is 5.92 Å². The molecular formula is C27H32F2N4O3S. The van der Waals surface area contributed by atoms with Crippen molar-refractivity contribution >= 4 is 27.1 Å². The molecule has 0 radical (unpaired) electrons. The average molecular weight is 531 g/mol. The Balaban J connectivity index is 1.45. The van der Waals surface area contributed by atoms with Crippen molar-refractivity contribution in [3.8, 4) is 6.07 Å². The summed E-state index contributed by atoms with van der Waals surface area (Å²) in [6.07, 6.45) is 5.24. The van der Waals surface area contributed by atoms with Crippen LogP contribution in [-0.2, 0) is 21.1 Å². The largest absolute Gasteiger partial charge is 0.354 e. The zero-order valence-corrected chi connectivity index (χ0v) is 22.3. The molecule has 37 heavy (non-hydrogen) atoms. The van der Waals surface area contributed by atoms with Crippen LogP contribution in [0.3, 0.4) is 0 Å². The number of amides is 1. The van der Waals surface area contributed by atoms with Gasteiger partial charge in [0.1, 0.15) is 21.3 Å². The fourth-order valence-corrected chi connectivity index (χ4v) is 6.65. The van der Waals surface area contributed by atoms with Crippen molar-refractivity contribution in [2.75, 3.05) is 11.6 Å². The standard InChI is InChI=1S/C27H32F2N4O3S/c1-5-21-22(14-30)16(2)31-15-23(21)32-18-8-6-17(7-9-18)24-26(3,27(24,28)29)25(34)33-19-10-12-20(13-11-19)37(4,35)36/h6-9,15,19-20,24,32H,5,10-13H2,1-4H3,(H,33,34). The first-order chi connectivity index (χ1) is 17.3. The highest BCUT2D eigenvalue weighted by Crippen LogP contribution is 2.71. The number of anilines is 2. The molecule has 7 nitrogen and oxygen atoms in total. The number of aromatic nitrogens is 1. The molecule has 0 saturated heterocycles. The summed E-state index contributed by atoms with van der Waals surface area (Å²) in [5.41, 5.74) is 1.85. The first-order valence-corrected chi connectivity index (χ1v) is 14.4. The number of aryl methyl sites for hydroxylation is 1. The summed E-state index contributed by atoms with van der Waals surface area (Å²) in [5, 5.41) is 15.0. The summed E-state index contributed by atoms with van der Waals surface area (Å²) < 4.78 is 53.6. The molecule has 1 aromatic carbocycles. The van der Waals surface area contributed by atoms with Crippen LogP contribution in [0.15, 0.2) is 30.5 Å². The molecule has 4 rings (SSSR count). The highest BCUT2D eigenvalue weighted by atomic mass is 32.2. The van der Waals surface area contributed by atoms with Crippen molar-refractivity contribution < 1.29 is 22.0 Å². The Morgan fingerprint density at radius 1 is 1.19 bits per heavy atom. The van der Waals surface area contributed by atoms with Gasteiger partial charge in [-0.25, -0.2) is 17.2 Å². The summed E-state index contributed by atoms with van der Waals surface area (Å²) in [6, 6.07) is 8.43. The molecule has 0 spiro atoms. The number of rotatable bonds is 7. The number of hydrogen-bond acceptors (Lipinski definition) is 6. The highest BCUT2D eigenvalue weighted by Gasteiger charge is 2.82. The van der Waals surface area contributed by atoms with E-state index in [1.54, 1.807) is 37.4 Å². The lowest BCUT2D eigenvalue weighted by Gasteiger charge is -2.29. The van der Waals surface area contributed by atoms with Crippen molar-refractivity contribution in [1.29, 1.82) is 5.26 Å². The smallest absolute Gasteiger partial charge is 0.270 e. The number of alkyl halides is 2. The molecule has 1 aromatic heterocycles. The van der Waals surface area contributed by atoms with Crippen LogP contribution in [-0.4, -0.2) is 42.8 Å². The second-order valence-electron chi connectivity index (χ2n) is 10.4. The molecule has 2 atom stereocenters. The van der Waals surface area contributed by atoms with Crippen LogP contribution in [0, 0.1) is 23.7 Å². The minimum Gasteiger partial charge on any atom is -0.354 e. The number of nitriles is 1. The van der Waals surface area contributed by atoms with Crippen molar-refractivity contribution in [2.45, 2.75) is 76.0 Å². The molecular weight excluding hydrogens is 498 g/mol. The minimum atomic E-state index is -3.20. The van der Waals surface area contributed by atoms with Gasteiger partial charge in [-0.15, -0.1) is 0 Å². The number of nitrogens with zero attached hydrogens (tertiary/aromatic N) is 2. The Morgan fingerprint density at radius 2 is 1.81 bits per heavy atom. The molecule has 1 heterocycles. The Labute approximate surface area is 216 Å². The van der Waals surface area contributed by atoms with Gasteiger partial charge in [-0.1, -0.05) is 19.1 Å². The number of carbonyl (C=O) groups excluding carboxylic acids is 1. The normalized spacial score (nSPS) is 26.7. The summed E-state index contributed by atoms with van der Waals surface area (Å²) >= 11 is 0. The molecule has 0 bridgehead atoms. The van der Waals surface area contributed by atoms with E-state index in [-0.39, 0.29) is 6.04 Å². The summed E-state index contributed by atoms with van der Waals surface area (Å²) in [7, 11) is -3.15. The second kappa shape index (κ2) is 9.67. The Bertz CT molecular complexity index is 1350. The molecule has 2 saturated carbocycles. The number of halogens is 2. The fraction of sp³-hybridized carbons (Fsp3) is 0.519. The van der Waals surface area contributed by atoms with Gasteiger partial charge < -0.3 is 10.6 Å². The predicted octanol–water partition coefficient (Wildman–Crippen LogP) is 4.78. The number of carbonyl (C=O) groups is 1. The van der Waals surface area contributed by atoms with E-state index in [1.807, 2.05) is 6.92 Å². The molecule has 2 unspecified atom stereocenters. The molecule has 2 aromatic rings. The number of sulfone groups is 1. The number of nitrogens with one attached hydrogen (secondary N) is 2. The SMILES string of the molecule is CCc1c(Nc2ccc(C3C(F)(F)C3(C)C(=O)NC3CCC(S(C)(=O)=O)CC3)cc2)cnc(C)c1C#N. The summed E-state index contributed by atoms with van der Waals surface area (Å²) in [6.45, 7) is 5.01. The Hall–Kier alpha value is -3.06. The van der Waals surface area contributed by atoms with E-state index < -0.39 is 38.2 Å². The third-order valence-corrected chi connectivity index (χ3v) is 9.68. The van der Waals surface area contributed by atoms with Crippen LogP contribution >= 0.6 is 0 Å². The van der Waals surface area contributed by atoms with Crippen LogP contribution in [0.1, 0.15) is 67.8 Å². The van der Waals surface area contributed by atoms with Crippen molar-refractivity contribution in [3.63, 3.8) is 0 Å². The van der Waals surface area contributed by atoms with Gasteiger partial charge in [-0.2, -0.15) is 5.26 Å². The van der Waals surface area contributed by atoms with Gasteiger partial charge in [0, 0.05) is 18.0 Å². The molecule has 0 aliphatic heterocycles. The van der Waals surface area contributed by atoms with Gasteiger partial charge in [0.15, 0.2) is 0 Å². The van der Waals surface area contributed by atoms with Gasteiger partial charge in [0.2, 0.25) is 5.91 Å². The maximum absolute atomic E-state index is 15.0. The van der Waals surface area contributed by atoms with Crippen molar-refractivity contribution in [1.82, 2.24) is 10.3 Å². The molecule has 2 aliphatic rings. The van der Waals surface area contributed by atoms with E-state index in [1.165, 1.54) is 13.2 Å². The van der Waals surface area contributed by atoms with Gasteiger partial charge in [0.05, 0.1) is 34.3 Å². The lowest BCUT2D eigenvalue weighted by atomic mass is 9.93. The lowest BCUT2D eigenvalue weighted by molar-refractivity contribution is -0.130. The monoisotopic (exact) mass is 530 g/mol. The molecule has 10 heteroatoms. The maximum Gasteiger partial charge on any atom is 0.270 e. The topological polar surface area (TPSA) is 112 Å². The third kappa shape index (κ3) is 4.81. The summed E-state index contributed by atoms with van der Waals surface area (Å²) in [5.74, 6) is -5.15. The first kappa shape index (κ1) is 27.0. The Kier molecular flexibility index (Phi) is 7.06. The first-order valence-electron chi connectivity index (χ1n) is 12.5. The van der Waals surface area contributed by atoms with E-state index in [0.717, 1.165) is 5.56 Å². The molecule has 2 N–H and O–H groups in total. The van der Waals surface area contributed by atoms with E-state index in [0.29, 0.717) is 60.3 Å². The molecule has 2 fully saturated rings. The van der Waals surface area contributed by atoms with Crippen LogP contribution in [0.4, 0.5) is 20.2 Å². The third-order valence-electron chi connectivity index (χ3n) is 8.00. The second-order valence-corrected chi connectivity index (χ2v) is 12.7. The van der Waals surface area contributed by atoms with Gasteiger partial charge in [-0.05, 0) is 69.2 Å². The lowest BCUT2D eigenvalue weighted by Crippen LogP contribution is -2.44. The van der Waals surface area contributed by atoms with Crippen molar-refractivity contribution in [2.24, 2.45) is 5.41 Å². The highest BCUT2D eigenvalue weighted by molar-refractivity contribution is 7.91. The minimum absolute atomic E-state index is 0.305. The van der Waals surface area contributed by atoms with Gasteiger partial charge >= 0.3 is 0 Å². The number of benzene rings is 1. The molecule has 2 aliphatic carbocycles. The van der Waals surface area contributed by atoms with E-state index in [2.05, 4.69) is 21.7 Å². The maximum atomic E-state index is 15.0. The summed E-state index contributed by atoms with van der Waals surface area (Å²) in [4.78, 5) is 17.3. The quantitative estimate of drug-likeness (QED) is 0.533. The van der Waals surface area contributed by atoms with E-state index in [4.69, 9.17) is 0 Å². The van der Waals surface area contributed by atoms with Crippen LogP contribution in [0.2, 0.25) is 0 Å². The molecule has 1 amide bonds. The van der Waals surface area contributed by atoms with Crippen LogP contribution < -0.4 is 10.6 Å². The molecule has 198 valence electrons. The Morgan fingerprint density at radius 3 is 2.35 bits per heavy atom. The van der Waals surface area contributed by atoms with Crippen molar-refractivity contribution in [3.05, 3.63) is 52.8 Å². The fourth-order valence-electron chi connectivity index (χ4n) is 5.52. The van der Waals surface area contributed by atoms with E-state index >= 15 is 8.78 Å². The predicted molar refractivity (Wildman–Crippen MR) is 138 cm³/mol. The van der Waals surface area contributed by atoms with Gasteiger partial charge in [-0.3, -0.25) is 9.78 Å². The zero-order chi connectivity index (χ0) is 27.2. The van der Waals surface area contributed by atoms with E-state index in [9.17, 15) is 18.5 Å². The zero-order valence-electron chi connectivity index (χ0n) is 21.4.